The van der Waals surface area contributed by atoms with E-state index in [4.69, 9.17) is 9.47 Å². The van der Waals surface area contributed by atoms with Gasteiger partial charge in [-0.05, 0) is 37.4 Å². The van der Waals surface area contributed by atoms with Crippen molar-refractivity contribution < 1.29 is 14.6 Å². The molecule has 4 heteroatoms. The van der Waals surface area contributed by atoms with Crippen molar-refractivity contribution in [3.05, 3.63) is 23.8 Å². The van der Waals surface area contributed by atoms with Crippen LogP contribution in [0.15, 0.2) is 18.2 Å². The lowest BCUT2D eigenvalue weighted by atomic mass is 10.1. The first kappa shape index (κ1) is 13.2. The van der Waals surface area contributed by atoms with Crippen LogP contribution in [-0.4, -0.2) is 32.5 Å². The number of ether oxygens (including phenoxy) is 2. The van der Waals surface area contributed by atoms with Crippen LogP contribution in [0.3, 0.4) is 0 Å². The Balaban J connectivity index is 2.11. The Morgan fingerprint density at radius 1 is 1.33 bits per heavy atom. The van der Waals surface area contributed by atoms with Gasteiger partial charge in [0.1, 0.15) is 11.5 Å². The normalized spacial score (nSPS) is 16.4. The molecule has 0 aliphatic heterocycles. The topological polar surface area (TPSA) is 50.7 Å². The van der Waals surface area contributed by atoms with E-state index in [2.05, 4.69) is 5.32 Å². The van der Waals surface area contributed by atoms with Crippen molar-refractivity contribution in [3.8, 4) is 11.5 Å². The SMILES string of the molecule is COc1ccc(C(CO)NCC2CC2)c(OC)c1. The van der Waals surface area contributed by atoms with Crippen LogP contribution >= 0.6 is 0 Å². The molecule has 1 aromatic carbocycles. The minimum atomic E-state index is -0.0774. The van der Waals surface area contributed by atoms with Gasteiger partial charge in [-0.15, -0.1) is 0 Å². The van der Waals surface area contributed by atoms with Crippen LogP contribution in [0.2, 0.25) is 0 Å². The Labute approximate surface area is 108 Å². The van der Waals surface area contributed by atoms with E-state index >= 15 is 0 Å². The van der Waals surface area contributed by atoms with Crippen LogP contribution in [0.25, 0.3) is 0 Å². The molecule has 0 saturated heterocycles. The molecule has 18 heavy (non-hydrogen) atoms. The van der Waals surface area contributed by atoms with E-state index in [1.165, 1.54) is 12.8 Å². The predicted molar refractivity (Wildman–Crippen MR) is 70.1 cm³/mol. The fraction of sp³-hybridized carbons (Fsp3) is 0.571. The zero-order valence-corrected chi connectivity index (χ0v) is 11.0. The summed E-state index contributed by atoms with van der Waals surface area (Å²) in [7, 11) is 3.26. The van der Waals surface area contributed by atoms with Gasteiger partial charge in [0.05, 0.1) is 26.9 Å². The fourth-order valence-corrected chi connectivity index (χ4v) is 2.01. The summed E-state index contributed by atoms with van der Waals surface area (Å²) < 4.78 is 10.5. The highest BCUT2D eigenvalue weighted by molar-refractivity contribution is 5.42. The van der Waals surface area contributed by atoms with Gasteiger partial charge in [0.25, 0.3) is 0 Å². The summed E-state index contributed by atoms with van der Waals surface area (Å²) in [6.07, 6.45) is 2.59. The van der Waals surface area contributed by atoms with Crippen molar-refractivity contribution in [1.29, 1.82) is 0 Å². The molecule has 0 aromatic heterocycles. The maximum Gasteiger partial charge on any atom is 0.127 e. The van der Waals surface area contributed by atoms with Gasteiger partial charge in [0.2, 0.25) is 0 Å². The van der Waals surface area contributed by atoms with E-state index in [0.717, 1.165) is 29.5 Å². The number of hydrogen-bond acceptors (Lipinski definition) is 4. The molecule has 100 valence electrons. The Morgan fingerprint density at radius 2 is 2.11 bits per heavy atom. The highest BCUT2D eigenvalue weighted by atomic mass is 16.5. The molecule has 1 aromatic rings. The second-order valence-corrected chi connectivity index (χ2v) is 4.69. The zero-order chi connectivity index (χ0) is 13.0. The monoisotopic (exact) mass is 251 g/mol. The summed E-state index contributed by atoms with van der Waals surface area (Å²) >= 11 is 0. The van der Waals surface area contributed by atoms with E-state index in [0.29, 0.717) is 0 Å². The number of methoxy groups -OCH3 is 2. The fourth-order valence-electron chi connectivity index (χ4n) is 2.01. The Hall–Kier alpha value is -1.26. The van der Waals surface area contributed by atoms with Gasteiger partial charge in [0, 0.05) is 11.6 Å². The summed E-state index contributed by atoms with van der Waals surface area (Å²) in [5, 5.41) is 12.9. The molecule has 2 rings (SSSR count). The Bertz CT molecular complexity index is 391. The number of benzene rings is 1. The molecule has 1 atom stereocenters. The average Bonchev–Trinajstić information content (AvgIpc) is 3.23. The molecular weight excluding hydrogens is 230 g/mol. The standard InChI is InChI=1S/C14H21NO3/c1-17-11-5-6-12(14(7-11)18-2)13(9-16)15-8-10-3-4-10/h5-7,10,13,15-16H,3-4,8-9H2,1-2H3. The highest BCUT2D eigenvalue weighted by Gasteiger charge is 2.23. The number of aliphatic hydroxyl groups excluding tert-OH is 1. The van der Waals surface area contributed by atoms with E-state index in [-0.39, 0.29) is 12.6 Å². The van der Waals surface area contributed by atoms with Gasteiger partial charge in [-0.1, -0.05) is 0 Å². The second kappa shape index (κ2) is 6.07. The average molecular weight is 251 g/mol. The Morgan fingerprint density at radius 3 is 2.67 bits per heavy atom. The molecule has 1 saturated carbocycles. The predicted octanol–water partition coefficient (Wildman–Crippen LogP) is 1.74. The Kier molecular flexibility index (Phi) is 4.44. The lowest BCUT2D eigenvalue weighted by molar-refractivity contribution is 0.240. The third kappa shape index (κ3) is 3.15. The van der Waals surface area contributed by atoms with Gasteiger partial charge < -0.3 is 19.9 Å². The molecule has 1 aliphatic rings. The molecule has 0 heterocycles. The second-order valence-electron chi connectivity index (χ2n) is 4.69. The third-order valence-corrected chi connectivity index (χ3v) is 3.35. The van der Waals surface area contributed by atoms with Crippen LogP contribution in [0.1, 0.15) is 24.4 Å². The van der Waals surface area contributed by atoms with Crippen molar-refractivity contribution in [2.24, 2.45) is 5.92 Å². The number of rotatable bonds is 7. The van der Waals surface area contributed by atoms with Crippen molar-refractivity contribution in [2.45, 2.75) is 18.9 Å². The van der Waals surface area contributed by atoms with Crippen LogP contribution < -0.4 is 14.8 Å². The maximum atomic E-state index is 9.51. The first-order valence-electron chi connectivity index (χ1n) is 6.34. The van der Waals surface area contributed by atoms with Crippen LogP contribution in [-0.2, 0) is 0 Å². The first-order valence-corrected chi connectivity index (χ1v) is 6.34. The molecule has 4 nitrogen and oxygen atoms in total. The highest BCUT2D eigenvalue weighted by Crippen LogP contribution is 2.31. The molecular formula is C14H21NO3. The molecule has 0 radical (unpaired) electrons. The first-order chi connectivity index (χ1) is 8.78. The van der Waals surface area contributed by atoms with Gasteiger partial charge >= 0.3 is 0 Å². The van der Waals surface area contributed by atoms with Crippen molar-refractivity contribution in [2.75, 3.05) is 27.4 Å². The van der Waals surface area contributed by atoms with Gasteiger partial charge in [-0.25, -0.2) is 0 Å². The van der Waals surface area contributed by atoms with Crippen LogP contribution in [0.4, 0.5) is 0 Å². The molecule has 0 bridgehead atoms. The summed E-state index contributed by atoms with van der Waals surface area (Å²) in [4.78, 5) is 0. The van der Waals surface area contributed by atoms with Crippen molar-refractivity contribution >= 4 is 0 Å². The lowest BCUT2D eigenvalue weighted by Gasteiger charge is -2.19. The number of nitrogens with one attached hydrogen (secondary N) is 1. The quantitative estimate of drug-likeness (QED) is 0.775. The summed E-state index contributed by atoms with van der Waals surface area (Å²) in [5.74, 6) is 2.29. The summed E-state index contributed by atoms with van der Waals surface area (Å²) in [6.45, 7) is 1.02. The lowest BCUT2D eigenvalue weighted by Crippen LogP contribution is -2.26. The summed E-state index contributed by atoms with van der Waals surface area (Å²) in [5.41, 5.74) is 0.974. The molecule has 1 fully saturated rings. The minimum Gasteiger partial charge on any atom is -0.497 e. The van der Waals surface area contributed by atoms with Gasteiger partial charge in [-0.3, -0.25) is 0 Å². The number of hydrogen-bond donors (Lipinski definition) is 2. The molecule has 0 amide bonds. The van der Waals surface area contributed by atoms with Gasteiger partial charge in [-0.2, -0.15) is 0 Å². The molecule has 1 unspecified atom stereocenters. The van der Waals surface area contributed by atoms with E-state index in [9.17, 15) is 5.11 Å². The van der Waals surface area contributed by atoms with Crippen molar-refractivity contribution in [3.63, 3.8) is 0 Å². The maximum absolute atomic E-state index is 9.51. The molecule has 2 N–H and O–H groups in total. The van der Waals surface area contributed by atoms with Gasteiger partial charge in [0.15, 0.2) is 0 Å². The molecule has 0 spiro atoms. The smallest absolute Gasteiger partial charge is 0.127 e. The summed E-state index contributed by atoms with van der Waals surface area (Å²) in [6, 6.07) is 5.60. The van der Waals surface area contributed by atoms with E-state index < -0.39 is 0 Å². The third-order valence-electron chi connectivity index (χ3n) is 3.35. The zero-order valence-electron chi connectivity index (χ0n) is 11.0. The van der Waals surface area contributed by atoms with E-state index in [1.807, 2.05) is 18.2 Å². The number of aliphatic hydroxyl groups is 1. The van der Waals surface area contributed by atoms with E-state index in [1.54, 1.807) is 14.2 Å². The molecule has 1 aliphatic carbocycles. The minimum absolute atomic E-state index is 0.0649. The van der Waals surface area contributed by atoms with Crippen LogP contribution in [0, 0.1) is 5.92 Å². The largest absolute Gasteiger partial charge is 0.497 e. The van der Waals surface area contributed by atoms with Crippen molar-refractivity contribution in [1.82, 2.24) is 5.32 Å². The van der Waals surface area contributed by atoms with Crippen LogP contribution in [0.5, 0.6) is 11.5 Å².